The van der Waals surface area contributed by atoms with Crippen molar-refractivity contribution < 1.29 is 4.42 Å². The summed E-state index contributed by atoms with van der Waals surface area (Å²) < 4.78 is 6.85. The number of rotatable bonds is 2. The zero-order chi connectivity index (χ0) is 12.5. The Balaban J connectivity index is 2.35. The molecule has 0 aliphatic carbocycles. The smallest absolute Gasteiger partial charge is 0.135 e. The summed E-state index contributed by atoms with van der Waals surface area (Å²) in [7, 11) is 0. The Kier molecular flexibility index (Phi) is 2.94. The fourth-order valence-electron chi connectivity index (χ4n) is 2.19. The SMILES string of the molecule is NCc1oc2ccc(Br)cc2c1-c1ccccc1. The van der Waals surface area contributed by atoms with Gasteiger partial charge in [0.1, 0.15) is 11.3 Å². The molecule has 0 amide bonds. The fourth-order valence-corrected chi connectivity index (χ4v) is 2.55. The Morgan fingerprint density at radius 3 is 2.56 bits per heavy atom. The van der Waals surface area contributed by atoms with E-state index >= 15 is 0 Å². The van der Waals surface area contributed by atoms with E-state index < -0.39 is 0 Å². The molecule has 0 saturated heterocycles. The third kappa shape index (κ3) is 1.85. The summed E-state index contributed by atoms with van der Waals surface area (Å²) in [6, 6.07) is 16.2. The summed E-state index contributed by atoms with van der Waals surface area (Å²) >= 11 is 3.50. The van der Waals surface area contributed by atoms with Crippen LogP contribution >= 0.6 is 15.9 Å². The van der Waals surface area contributed by atoms with Gasteiger partial charge in [0.05, 0.1) is 6.54 Å². The highest BCUT2D eigenvalue weighted by molar-refractivity contribution is 9.10. The third-order valence-electron chi connectivity index (χ3n) is 2.97. The highest BCUT2D eigenvalue weighted by Crippen LogP contribution is 2.35. The molecule has 0 aliphatic rings. The van der Waals surface area contributed by atoms with E-state index in [4.69, 9.17) is 10.2 Å². The van der Waals surface area contributed by atoms with Crippen molar-refractivity contribution in [3.8, 4) is 11.1 Å². The second-order valence-electron chi connectivity index (χ2n) is 4.11. The Morgan fingerprint density at radius 1 is 1.06 bits per heavy atom. The molecule has 2 aromatic carbocycles. The molecule has 18 heavy (non-hydrogen) atoms. The van der Waals surface area contributed by atoms with Crippen molar-refractivity contribution in [2.75, 3.05) is 0 Å². The van der Waals surface area contributed by atoms with E-state index in [1.54, 1.807) is 0 Å². The van der Waals surface area contributed by atoms with Crippen molar-refractivity contribution in [1.29, 1.82) is 0 Å². The van der Waals surface area contributed by atoms with Gasteiger partial charge in [-0.3, -0.25) is 0 Å². The molecule has 0 fully saturated rings. The Hall–Kier alpha value is -1.58. The third-order valence-corrected chi connectivity index (χ3v) is 3.46. The van der Waals surface area contributed by atoms with Crippen LogP contribution in [0.5, 0.6) is 0 Å². The predicted molar refractivity (Wildman–Crippen MR) is 77.2 cm³/mol. The van der Waals surface area contributed by atoms with E-state index in [1.165, 1.54) is 0 Å². The van der Waals surface area contributed by atoms with Gasteiger partial charge < -0.3 is 10.2 Å². The fraction of sp³-hybridized carbons (Fsp3) is 0.0667. The molecular formula is C15H12BrNO. The van der Waals surface area contributed by atoms with Gasteiger partial charge in [-0.2, -0.15) is 0 Å². The second-order valence-corrected chi connectivity index (χ2v) is 5.03. The molecule has 0 atom stereocenters. The van der Waals surface area contributed by atoms with Crippen molar-refractivity contribution in [3.63, 3.8) is 0 Å². The van der Waals surface area contributed by atoms with Crippen LogP contribution in [0.4, 0.5) is 0 Å². The highest BCUT2D eigenvalue weighted by atomic mass is 79.9. The topological polar surface area (TPSA) is 39.2 Å². The number of hydrogen-bond donors (Lipinski definition) is 1. The van der Waals surface area contributed by atoms with Crippen LogP contribution < -0.4 is 5.73 Å². The van der Waals surface area contributed by atoms with Crippen LogP contribution in [0, 0.1) is 0 Å². The molecule has 1 aromatic heterocycles. The molecule has 2 nitrogen and oxygen atoms in total. The first-order valence-corrected chi connectivity index (χ1v) is 6.55. The largest absolute Gasteiger partial charge is 0.459 e. The van der Waals surface area contributed by atoms with Crippen LogP contribution in [0.1, 0.15) is 5.76 Å². The number of benzene rings is 2. The zero-order valence-corrected chi connectivity index (χ0v) is 11.3. The molecule has 3 aromatic rings. The quantitative estimate of drug-likeness (QED) is 0.765. The van der Waals surface area contributed by atoms with Crippen LogP contribution in [0.15, 0.2) is 57.4 Å². The van der Waals surface area contributed by atoms with Gasteiger partial charge in [-0.05, 0) is 23.8 Å². The standard InChI is InChI=1S/C15H12BrNO/c16-11-6-7-13-12(8-11)15(14(9-17)18-13)10-4-2-1-3-5-10/h1-8H,9,17H2. The van der Waals surface area contributed by atoms with E-state index in [0.717, 1.165) is 32.3 Å². The van der Waals surface area contributed by atoms with Crippen LogP contribution in [-0.4, -0.2) is 0 Å². The summed E-state index contributed by atoms with van der Waals surface area (Å²) in [6.07, 6.45) is 0. The summed E-state index contributed by atoms with van der Waals surface area (Å²) in [5, 5.41) is 1.09. The lowest BCUT2D eigenvalue weighted by molar-refractivity contribution is 0.554. The number of hydrogen-bond acceptors (Lipinski definition) is 2. The molecule has 0 unspecified atom stereocenters. The van der Waals surface area contributed by atoms with Gasteiger partial charge in [-0.1, -0.05) is 46.3 Å². The number of halogens is 1. The molecule has 0 saturated carbocycles. The van der Waals surface area contributed by atoms with Gasteiger partial charge in [-0.15, -0.1) is 0 Å². The maximum Gasteiger partial charge on any atom is 0.135 e. The minimum absolute atomic E-state index is 0.399. The predicted octanol–water partition coefficient (Wildman–Crippen LogP) is 4.32. The first-order chi connectivity index (χ1) is 8.79. The molecule has 0 aliphatic heterocycles. The molecule has 0 radical (unpaired) electrons. The van der Waals surface area contributed by atoms with Gasteiger partial charge in [0, 0.05) is 15.4 Å². The molecule has 90 valence electrons. The number of fused-ring (bicyclic) bond motifs is 1. The highest BCUT2D eigenvalue weighted by Gasteiger charge is 2.14. The average molecular weight is 302 g/mol. The van der Waals surface area contributed by atoms with Gasteiger partial charge in [0.25, 0.3) is 0 Å². The molecule has 3 heteroatoms. The molecule has 0 spiro atoms. The lowest BCUT2D eigenvalue weighted by atomic mass is 10.0. The van der Waals surface area contributed by atoms with Gasteiger partial charge in [0.2, 0.25) is 0 Å². The summed E-state index contributed by atoms with van der Waals surface area (Å²) in [5.41, 5.74) is 8.88. The minimum atomic E-state index is 0.399. The number of furan rings is 1. The summed E-state index contributed by atoms with van der Waals surface area (Å²) in [4.78, 5) is 0. The minimum Gasteiger partial charge on any atom is -0.459 e. The van der Waals surface area contributed by atoms with Crippen molar-refractivity contribution in [3.05, 3.63) is 58.8 Å². The van der Waals surface area contributed by atoms with Crippen LogP contribution in [-0.2, 0) is 6.54 Å². The first kappa shape index (κ1) is 11.5. The van der Waals surface area contributed by atoms with Crippen molar-refractivity contribution in [1.82, 2.24) is 0 Å². The Bertz CT molecular complexity index is 688. The van der Waals surface area contributed by atoms with E-state index in [1.807, 2.05) is 30.3 Å². The summed E-state index contributed by atoms with van der Waals surface area (Å²) in [6.45, 7) is 0.399. The summed E-state index contributed by atoms with van der Waals surface area (Å²) in [5.74, 6) is 0.828. The Morgan fingerprint density at radius 2 is 1.83 bits per heavy atom. The van der Waals surface area contributed by atoms with Gasteiger partial charge in [0.15, 0.2) is 0 Å². The van der Waals surface area contributed by atoms with Gasteiger partial charge >= 0.3 is 0 Å². The van der Waals surface area contributed by atoms with Crippen molar-refractivity contribution >= 4 is 26.9 Å². The van der Waals surface area contributed by atoms with E-state index in [0.29, 0.717) is 6.54 Å². The van der Waals surface area contributed by atoms with Crippen LogP contribution in [0.2, 0.25) is 0 Å². The first-order valence-electron chi connectivity index (χ1n) is 5.76. The molecule has 0 bridgehead atoms. The van der Waals surface area contributed by atoms with Crippen molar-refractivity contribution in [2.24, 2.45) is 5.73 Å². The lowest BCUT2D eigenvalue weighted by Gasteiger charge is -2.01. The monoisotopic (exact) mass is 301 g/mol. The number of nitrogens with two attached hydrogens (primary N) is 1. The van der Waals surface area contributed by atoms with Crippen LogP contribution in [0.25, 0.3) is 22.1 Å². The maximum atomic E-state index is 5.81. The van der Waals surface area contributed by atoms with E-state index in [2.05, 4.69) is 34.1 Å². The van der Waals surface area contributed by atoms with E-state index in [9.17, 15) is 0 Å². The second kappa shape index (κ2) is 4.59. The average Bonchev–Trinajstić information content (AvgIpc) is 2.77. The Labute approximate surface area is 114 Å². The van der Waals surface area contributed by atoms with Crippen LogP contribution in [0.3, 0.4) is 0 Å². The van der Waals surface area contributed by atoms with Crippen molar-refractivity contribution in [2.45, 2.75) is 6.54 Å². The normalized spacial score (nSPS) is 11.0. The molecule has 1 heterocycles. The molecule has 3 rings (SSSR count). The van der Waals surface area contributed by atoms with Gasteiger partial charge in [-0.25, -0.2) is 0 Å². The lowest BCUT2D eigenvalue weighted by Crippen LogP contribution is -1.95. The maximum absolute atomic E-state index is 5.81. The molecular weight excluding hydrogens is 290 g/mol. The zero-order valence-electron chi connectivity index (χ0n) is 9.69. The molecule has 2 N–H and O–H groups in total. The van der Waals surface area contributed by atoms with E-state index in [-0.39, 0.29) is 0 Å².